The van der Waals surface area contributed by atoms with Crippen LogP contribution in [-0.2, 0) is 18.3 Å². The number of aromatic nitrogens is 1. The van der Waals surface area contributed by atoms with Crippen LogP contribution in [0.1, 0.15) is 22.8 Å². The molecule has 1 aliphatic rings. The van der Waals surface area contributed by atoms with E-state index >= 15 is 0 Å². The van der Waals surface area contributed by atoms with Gasteiger partial charge in [-0.15, -0.1) is 0 Å². The lowest BCUT2D eigenvalue weighted by Crippen LogP contribution is -2.51. The molecule has 0 atom stereocenters. The lowest BCUT2D eigenvalue weighted by Gasteiger charge is -2.35. The number of amides is 2. The summed E-state index contributed by atoms with van der Waals surface area (Å²) in [4.78, 5) is 28.7. The van der Waals surface area contributed by atoms with Gasteiger partial charge in [0.15, 0.2) is 0 Å². The molecule has 1 aliphatic heterocycles. The van der Waals surface area contributed by atoms with Crippen LogP contribution in [0.2, 0.25) is 0 Å². The van der Waals surface area contributed by atoms with E-state index in [0.717, 1.165) is 11.3 Å². The molecule has 0 radical (unpaired) electrons. The minimum absolute atomic E-state index is 0.00297. The van der Waals surface area contributed by atoms with Gasteiger partial charge in [0.05, 0.1) is 13.0 Å². The average Bonchev–Trinajstić information content (AvgIpc) is 3.07. The van der Waals surface area contributed by atoms with Crippen LogP contribution in [0.25, 0.3) is 0 Å². The Hall–Kier alpha value is -2.76. The molecule has 3 rings (SSSR count). The van der Waals surface area contributed by atoms with Crippen LogP contribution < -0.4 is 4.74 Å². The number of carbonyl (C=O) groups is 2. The highest BCUT2D eigenvalue weighted by Gasteiger charge is 2.25. The molecule has 1 fully saturated rings. The average molecular weight is 355 g/mol. The van der Waals surface area contributed by atoms with Gasteiger partial charge in [0.25, 0.3) is 5.91 Å². The fourth-order valence-corrected chi connectivity index (χ4v) is 3.15. The summed E-state index contributed by atoms with van der Waals surface area (Å²) < 4.78 is 7.35. The van der Waals surface area contributed by atoms with Crippen molar-refractivity contribution < 1.29 is 14.3 Å². The van der Waals surface area contributed by atoms with Gasteiger partial charge in [0, 0.05) is 51.2 Å². The van der Waals surface area contributed by atoms with E-state index in [9.17, 15) is 9.59 Å². The molecular formula is C20H25N3O3. The third kappa shape index (κ3) is 4.25. The van der Waals surface area contributed by atoms with Gasteiger partial charge in [-0.05, 0) is 42.8 Å². The number of benzene rings is 1. The zero-order valence-electron chi connectivity index (χ0n) is 15.4. The van der Waals surface area contributed by atoms with Crippen LogP contribution in [0.3, 0.4) is 0 Å². The number of nitrogens with zero attached hydrogens (tertiary/aromatic N) is 3. The third-order valence-corrected chi connectivity index (χ3v) is 4.58. The summed E-state index contributed by atoms with van der Waals surface area (Å²) in [5.41, 5.74) is 1.67. The summed E-state index contributed by atoms with van der Waals surface area (Å²) in [7, 11) is 1.94. The first-order valence-electron chi connectivity index (χ1n) is 8.97. The molecule has 1 aromatic heterocycles. The lowest BCUT2D eigenvalue weighted by atomic mass is 10.1. The molecular weight excluding hydrogens is 330 g/mol. The fraction of sp³-hybridized carbons (Fsp3) is 0.400. The molecule has 2 aromatic rings. The van der Waals surface area contributed by atoms with Crippen molar-refractivity contribution in [3.05, 3.63) is 53.9 Å². The van der Waals surface area contributed by atoms with E-state index in [0.29, 0.717) is 44.8 Å². The second-order valence-electron chi connectivity index (χ2n) is 6.49. The third-order valence-electron chi connectivity index (χ3n) is 4.58. The molecule has 138 valence electrons. The standard InChI is InChI=1S/C20H25N3O3/c1-3-26-18-6-4-17(5-7-18)20(25)23-12-10-22(11-13-23)19(24)14-16-8-9-21(2)15-16/h4-9,15H,3,10-14H2,1-2H3. The highest BCUT2D eigenvalue weighted by Crippen LogP contribution is 2.15. The topological polar surface area (TPSA) is 54.8 Å². The van der Waals surface area contributed by atoms with Gasteiger partial charge < -0.3 is 19.1 Å². The molecule has 2 heterocycles. The Morgan fingerprint density at radius 3 is 2.23 bits per heavy atom. The normalized spacial score (nSPS) is 14.4. The van der Waals surface area contributed by atoms with Gasteiger partial charge in [-0.2, -0.15) is 0 Å². The van der Waals surface area contributed by atoms with Crippen molar-refractivity contribution in [1.29, 1.82) is 0 Å². The Morgan fingerprint density at radius 2 is 1.65 bits per heavy atom. The van der Waals surface area contributed by atoms with Crippen molar-refractivity contribution in [2.75, 3.05) is 32.8 Å². The summed E-state index contributed by atoms with van der Waals surface area (Å²) in [5.74, 6) is 0.882. The highest BCUT2D eigenvalue weighted by atomic mass is 16.5. The van der Waals surface area contributed by atoms with Gasteiger partial charge in [-0.3, -0.25) is 9.59 Å². The number of rotatable bonds is 5. The Kier molecular flexibility index (Phi) is 5.61. The molecule has 6 heteroatoms. The molecule has 0 spiro atoms. The molecule has 2 amide bonds. The largest absolute Gasteiger partial charge is 0.494 e. The zero-order valence-corrected chi connectivity index (χ0v) is 15.4. The van der Waals surface area contributed by atoms with Crippen molar-refractivity contribution in [2.45, 2.75) is 13.3 Å². The van der Waals surface area contributed by atoms with Crippen LogP contribution in [0, 0.1) is 0 Å². The van der Waals surface area contributed by atoms with Crippen molar-refractivity contribution in [1.82, 2.24) is 14.4 Å². The molecule has 1 saturated heterocycles. The molecule has 6 nitrogen and oxygen atoms in total. The maximum atomic E-state index is 12.6. The van der Waals surface area contributed by atoms with Crippen molar-refractivity contribution in [3.8, 4) is 5.75 Å². The smallest absolute Gasteiger partial charge is 0.253 e. The van der Waals surface area contributed by atoms with Gasteiger partial charge >= 0.3 is 0 Å². The van der Waals surface area contributed by atoms with Crippen LogP contribution in [0.15, 0.2) is 42.7 Å². The van der Waals surface area contributed by atoms with E-state index in [2.05, 4.69) is 0 Å². The minimum Gasteiger partial charge on any atom is -0.494 e. The number of piperazine rings is 1. The highest BCUT2D eigenvalue weighted by molar-refractivity contribution is 5.94. The second-order valence-corrected chi connectivity index (χ2v) is 6.49. The van der Waals surface area contributed by atoms with E-state index in [1.165, 1.54) is 0 Å². The fourth-order valence-electron chi connectivity index (χ4n) is 3.15. The monoisotopic (exact) mass is 355 g/mol. The van der Waals surface area contributed by atoms with Crippen LogP contribution in [0.4, 0.5) is 0 Å². The summed E-state index contributed by atoms with van der Waals surface area (Å²) in [6.07, 6.45) is 4.31. The van der Waals surface area contributed by atoms with Crippen molar-refractivity contribution >= 4 is 11.8 Å². The van der Waals surface area contributed by atoms with E-state index in [1.54, 1.807) is 12.1 Å². The van der Waals surface area contributed by atoms with Crippen molar-refractivity contribution in [3.63, 3.8) is 0 Å². The number of ether oxygens (including phenoxy) is 1. The van der Waals surface area contributed by atoms with E-state index < -0.39 is 0 Å². The number of aryl methyl sites for hydroxylation is 1. The van der Waals surface area contributed by atoms with Crippen LogP contribution in [-0.4, -0.2) is 59.0 Å². The number of carbonyl (C=O) groups excluding carboxylic acids is 2. The molecule has 0 aliphatic carbocycles. The van der Waals surface area contributed by atoms with Gasteiger partial charge in [-0.1, -0.05) is 0 Å². The quantitative estimate of drug-likeness (QED) is 0.824. The predicted octanol–water partition coefficient (Wildman–Crippen LogP) is 1.95. The van der Waals surface area contributed by atoms with Gasteiger partial charge in [0.1, 0.15) is 5.75 Å². The molecule has 1 aromatic carbocycles. The molecule has 0 unspecified atom stereocenters. The second kappa shape index (κ2) is 8.08. The minimum atomic E-state index is 0.00297. The Labute approximate surface area is 154 Å². The first-order valence-corrected chi connectivity index (χ1v) is 8.97. The van der Waals surface area contributed by atoms with Gasteiger partial charge in [-0.25, -0.2) is 0 Å². The molecule has 0 saturated carbocycles. The number of hydrogen-bond donors (Lipinski definition) is 0. The lowest BCUT2D eigenvalue weighted by molar-refractivity contribution is -0.131. The molecule has 26 heavy (non-hydrogen) atoms. The predicted molar refractivity (Wildman–Crippen MR) is 99.2 cm³/mol. The van der Waals surface area contributed by atoms with E-state index in [4.69, 9.17) is 4.74 Å². The van der Waals surface area contributed by atoms with Gasteiger partial charge in [0.2, 0.25) is 5.91 Å². The number of hydrogen-bond acceptors (Lipinski definition) is 3. The van der Waals surface area contributed by atoms with E-state index in [-0.39, 0.29) is 11.8 Å². The van der Waals surface area contributed by atoms with E-state index in [1.807, 2.05) is 58.9 Å². The summed E-state index contributed by atoms with van der Waals surface area (Å²) >= 11 is 0. The molecule has 0 N–H and O–H groups in total. The zero-order chi connectivity index (χ0) is 18.5. The van der Waals surface area contributed by atoms with Crippen LogP contribution >= 0.6 is 0 Å². The Balaban J connectivity index is 1.52. The van der Waals surface area contributed by atoms with Crippen LogP contribution in [0.5, 0.6) is 5.75 Å². The first kappa shape index (κ1) is 18.0. The maximum absolute atomic E-state index is 12.6. The maximum Gasteiger partial charge on any atom is 0.253 e. The Morgan fingerprint density at radius 1 is 1.00 bits per heavy atom. The SMILES string of the molecule is CCOc1ccc(C(=O)N2CCN(C(=O)Cc3ccn(C)c3)CC2)cc1. The summed E-state index contributed by atoms with van der Waals surface area (Å²) in [6, 6.07) is 9.18. The summed E-state index contributed by atoms with van der Waals surface area (Å²) in [5, 5.41) is 0. The first-order chi connectivity index (χ1) is 12.6. The summed E-state index contributed by atoms with van der Waals surface area (Å²) in [6.45, 7) is 4.81. The molecule has 0 bridgehead atoms. The Bertz CT molecular complexity index is 759. The van der Waals surface area contributed by atoms with Crippen molar-refractivity contribution in [2.24, 2.45) is 7.05 Å².